The summed E-state index contributed by atoms with van der Waals surface area (Å²) < 4.78 is 3.81. The van der Waals surface area contributed by atoms with E-state index in [1.54, 1.807) is 14.0 Å². The average Bonchev–Trinajstić information content (AvgIpc) is 3.00. The van der Waals surface area contributed by atoms with E-state index in [1.165, 1.54) is 10.1 Å². The first kappa shape index (κ1) is 21.0. The van der Waals surface area contributed by atoms with Crippen LogP contribution in [-0.2, 0) is 20.1 Å². The van der Waals surface area contributed by atoms with Crippen molar-refractivity contribution in [2.24, 2.45) is 7.05 Å². The molecule has 0 bridgehead atoms. The second-order valence-electron chi connectivity index (χ2n) is 8.65. The lowest BCUT2D eigenvalue weighted by atomic mass is 10.1. The van der Waals surface area contributed by atoms with Gasteiger partial charge in [0.1, 0.15) is 11.4 Å². The van der Waals surface area contributed by atoms with Gasteiger partial charge in [-0.3, -0.25) is 9.59 Å². The van der Waals surface area contributed by atoms with Crippen molar-refractivity contribution >= 4 is 28.3 Å². The Morgan fingerprint density at radius 3 is 2.58 bits per heavy atom. The number of amides is 1. The number of para-hydroxylation sites is 2. The minimum Gasteiger partial charge on any atom is -0.364 e. The molecule has 5 rings (SSSR count). The van der Waals surface area contributed by atoms with E-state index in [1.807, 2.05) is 43.3 Å². The Labute approximate surface area is 192 Å². The lowest BCUT2D eigenvalue weighted by molar-refractivity contribution is 0.102. The Kier molecular flexibility index (Phi) is 5.24. The Morgan fingerprint density at radius 2 is 1.79 bits per heavy atom. The molecule has 1 N–H and O–H groups in total. The van der Waals surface area contributed by atoms with Gasteiger partial charge in [0.2, 0.25) is 0 Å². The molecule has 0 radical (unpaired) electrons. The zero-order chi connectivity index (χ0) is 23.1. The summed E-state index contributed by atoms with van der Waals surface area (Å²) >= 11 is 0. The lowest BCUT2D eigenvalue weighted by Crippen LogP contribution is -2.30. The Balaban J connectivity index is 1.35. The fourth-order valence-electron chi connectivity index (χ4n) is 4.59. The first-order valence-corrected chi connectivity index (χ1v) is 11.2. The van der Waals surface area contributed by atoms with Crippen LogP contribution in [-0.4, -0.2) is 26.6 Å². The third-order valence-corrected chi connectivity index (χ3v) is 6.46. The fourth-order valence-corrected chi connectivity index (χ4v) is 4.59. The van der Waals surface area contributed by atoms with Crippen molar-refractivity contribution in [2.45, 2.75) is 33.4 Å². The molecule has 0 aliphatic carbocycles. The number of aryl methyl sites for hydroxylation is 3. The largest absolute Gasteiger partial charge is 0.364 e. The van der Waals surface area contributed by atoms with Crippen LogP contribution in [0.4, 0.5) is 11.4 Å². The van der Waals surface area contributed by atoms with Crippen LogP contribution in [0.15, 0.2) is 59.4 Å². The van der Waals surface area contributed by atoms with Gasteiger partial charge in [-0.15, -0.1) is 0 Å². The summed E-state index contributed by atoms with van der Waals surface area (Å²) in [6, 6.07) is 17.9. The molecule has 7 heteroatoms. The van der Waals surface area contributed by atoms with Crippen molar-refractivity contribution < 1.29 is 4.79 Å². The first-order valence-electron chi connectivity index (χ1n) is 11.2. The molecule has 4 aromatic rings. The number of hydrogen-bond donors (Lipinski definition) is 1. The average molecular weight is 442 g/mol. The van der Waals surface area contributed by atoms with Crippen LogP contribution in [0.5, 0.6) is 0 Å². The zero-order valence-electron chi connectivity index (χ0n) is 19.1. The minimum absolute atomic E-state index is 0.179. The molecular formula is C26H27N5O2. The molecule has 0 fully saturated rings. The number of imidazole rings is 1. The van der Waals surface area contributed by atoms with Crippen LogP contribution in [0.1, 0.15) is 33.9 Å². The summed E-state index contributed by atoms with van der Waals surface area (Å²) in [5.41, 5.74) is 5.35. The third-order valence-electron chi connectivity index (χ3n) is 6.46. The number of rotatable bonds is 3. The van der Waals surface area contributed by atoms with Crippen LogP contribution < -0.4 is 15.8 Å². The van der Waals surface area contributed by atoms with E-state index in [0.717, 1.165) is 48.8 Å². The zero-order valence-corrected chi connectivity index (χ0v) is 19.1. The Hall–Kier alpha value is -3.87. The van der Waals surface area contributed by atoms with Crippen LogP contribution in [0.25, 0.3) is 11.0 Å². The molecule has 0 saturated heterocycles. The maximum atomic E-state index is 12.8. The molecule has 2 aromatic heterocycles. The van der Waals surface area contributed by atoms with Crippen molar-refractivity contribution in [3.05, 3.63) is 87.6 Å². The van der Waals surface area contributed by atoms with Crippen molar-refractivity contribution in [1.82, 2.24) is 14.1 Å². The molecule has 0 unspecified atom stereocenters. The molecular weight excluding hydrogens is 414 g/mol. The van der Waals surface area contributed by atoms with Crippen LogP contribution in [0.3, 0.4) is 0 Å². The molecule has 168 valence electrons. The quantitative estimate of drug-likeness (QED) is 0.521. The Bertz CT molecular complexity index is 1420. The van der Waals surface area contributed by atoms with Gasteiger partial charge in [-0.05, 0) is 68.3 Å². The molecule has 3 heterocycles. The van der Waals surface area contributed by atoms with Crippen LogP contribution in [0.2, 0.25) is 0 Å². The number of hydrogen-bond acceptors (Lipinski definition) is 4. The summed E-state index contributed by atoms with van der Waals surface area (Å²) in [6.45, 7) is 6.26. The van der Waals surface area contributed by atoms with Gasteiger partial charge < -0.3 is 19.4 Å². The highest BCUT2D eigenvalue weighted by molar-refractivity contribution is 6.05. The second kappa shape index (κ2) is 8.24. The topological polar surface area (TPSA) is 72.2 Å². The van der Waals surface area contributed by atoms with E-state index < -0.39 is 0 Å². The van der Waals surface area contributed by atoms with Gasteiger partial charge in [0.05, 0.1) is 17.6 Å². The second-order valence-corrected chi connectivity index (χ2v) is 8.65. The number of nitrogens with zero attached hydrogens (tertiary/aromatic N) is 4. The van der Waals surface area contributed by atoms with Crippen molar-refractivity contribution in [3.8, 4) is 0 Å². The number of benzene rings is 2. The summed E-state index contributed by atoms with van der Waals surface area (Å²) in [7, 11) is 1.68. The molecule has 7 nitrogen and oxygen atoms in total. The van der Waals surface area contributed by atoms with Gasteiger partial charge in [0, 0.05) is 37.2 Å². The number of carbonyl (C=O) groups is 1. The molecule has 0 atom stereocenters. The monoisotopic (exact) mass is 441 g/mol. The summed E-state index contributed by atoms with van der Waals surface area (Å²) in [6.07, 6.45) is 1.03. The maximum Gasteiger partial charge on any atom is 0.263 e. The predicted molar refractivity (Wildman–Crippen MR) is 131 cm³/mol. The summed E-state index contributed by atoms with van der Waals surface area (Å²) in [5, 5.41) is 2.88. The highest BCUT2D eigenvalue weighted by Crippen LogP contribution is 2.25. The standard InChI is InChI=1S/C26H27N5O2/c1-17-15-18(2)29(3)26(33)24(17)25(32)27-19-9-11-20(12-10-19)30-13-6-14-31-22-8-5-4-7-21(22)28-23(31)16-30/h4-5,7-12,15H,6,13-14,16H2,1-3H3,(H,27,32). The number of anilines is 2. The van der Waals surface area contributed by atoms with Gasteiger partial charge in [0.15, 0.2) is 0 Å². The summed E-state index contributed by atoms with van der Waals surface area (Å²) in [4.78, 5) is 32.6. The SMILES string of the molecule is Cc1cc(C)n(C)c(=O)c1C(=O)Nc1ccc(N2CCCn3c(nc4ccccc43)C2)cc1. The van der Waals surface area contributed by atoms with E-state index in [4.69, 9.17) is 4.98 Å². The smallest absolute Gasteiger partial charge is 0.263 e. The van der Waals surface area contributed by atoms with Crippen molar-refractivity contribution in [3.63, 3.8) is 0 Å². The number of aromatic nitrogens is 3. The van der Waals surface area contributed by atoms with Gasteiger partial charge >= 0.3 is 0 Å². The molecule has 0 spiro atoms. The first-order chi connectivity index (χ1) is 15.9. The number of nitrogens with one attached hydrogen (secondary N) is 1. The van der Waals surface area contributed by atoms with E-state index >= 15 is 0 Å². The molecule has 0 saturated carbocycles. The minimum atomic E-state index is -0.385. The van der Waals surface area contributed by atoms with Gasteiger partial charge in [-0.1, -0.05) is 12.1 Å². The normalized spacial score (nSPS) is 13.6. The van der Waals surface area contributed by atoms with E-state index in [0.29, 0.717) is 11.3 Å². The maximum absolute atomic E-state index is 12.8. The third kappa shape index (κ3) is 3.80. The molecule has 2 aromatic carbocycles. The van der Waals surface area contributed by atoms with E-state index in [9.17, 15) is 9.59 Å². The fraction of sp³-hybridized carbons (Fsp3) is 0.269. The molecule has 1 aliphatic rings. The predicted octanol–water partition coefficient (Wildman–Crippen LogP) is 4.01. The van der Waals surface area contributed by atoms with Gasteiger partial charge in [-0.25, -0.2) is 4.98 Å². The number of fused-ring (bicyclic) bond motifs is 3. The summed E-state index contributed by atoms with van der Waals surface area (Å²) in [5.74, 6) is 0.682. The highest BCUT2D eigenvalue weighted by Gasteiger charge is 2.19. The number of carbonyl (C=O) groups excluding carboxylic acids is 1. The van der Waals surface area contributed by atoms with E-state index in [-0.39, 0.29) is 17.0 Å². The molecule has 1 aliphatic heterocycles. The van der Waals surface area contributed by atoms with E-state index in [2.05, 4.69) is 33.0 Å². The van der Waals surface area contributed by atoms with Gasteiger partial charge in [-0.2, -0.15) is 0 Å². The lowest BCUT2D eigenvalue weighted by Gasteiger charge is -2.22. The van der Waals surface area contributed by atoms with Crippen LogP contribution in [0, 0.1) is 13.8 Å². The number of pyridine rings is 1. The van der Waals surface area contributed by atoms with Crippen molar-refractivity contribution in [2.75, 3.05) is 16.8 Å². The van der Waals surface area contributed by atoms with Crippen molar-refractivity contribution in [1.29, 1.82) is 0 Å². The Morgan fingerprint density at radius 1 is 1.03 bits per heavy atom. The molecule has 33 heavy (non-hydrogen) atoms. The van der Waals surface area contributed by atoms with Gasteiger partial charge in [0.25, 0.3) is 11.5 Å². The highest BCUT2D eigenvalue weighted by atomic mass is 16.2. The van der Waals surface area contributed by atoms with Crippen LogP contribution >= 0.6 is 0 Å². The molecule has 1 amide bonds.